The molecule has 0 fully saturated rings. The molecule has 0 spiro atoms. The van der Waals surface area contributed by atoms with Gasteiger partial charge in [0.05, 0.1) is 43.9 Å². The summed E-state index contributed by atoms with van der Waals surface area (Å²) < 4.78 is 0.612. The lowest BCUT2D eigenvalue weighted by molar-refractivity contribution is -0.929. The zero-order valence-electron chi connectivity index (χ0n) is 26.2. The molecule has 0 amide bonds. The molecule has 0 aliphatic heterocycles. The summed E-state index contributed by atoms with van der Waals surface area (Å²) >= 11 is 0. The minimum absolute atomic E-state index is 0.478. The Bertz CT molecular complexity index is 647. The second kappa shape index (κ2) is 23.8. The second-order valence-corrected chi connectivity index (χ2v) is 12.3. The molecular formula is C33H62NO6+. The first-order valence-electron chi connectivity index (χ1n) is 16.2. The van der Waals surface area contributed by atoms with Crippen LogP contribution in [0.3, 0.4) is 0 Å². The zero-order valence-corrected chi connectivity index (χ0v) is 26.2. The summed E-state index contributed by atoms with van der Waals surface area (Å²) in [5, 5.41) is 28.3. The molecule has 3 atom stereocenters. The normalized spacial score (nSPS) is 15.5. The predicted molar refractivity (Wildman–Crippen MR) is 163 cm³/mol. The number of rotatable bonds is 28. The van der Waals surface area contributed by atoms with Gasteiger partial charge in [-0.2, -0.15) is 0 Å². The third-order valence-electron chi connectivity index (χ3n) is 8.50. The number of hydrogen-bond donors (Lipinski definition) is 3. The molecule has 0 aromatic rings. The molecule has 0 radical (unpaired) electrons. The topological polar surface area (TPSA) is 112 Å². The maximum absolute atomic E-state index is 11.5. The number of aliphatic carboxylic acids is 3. The van der Waals surface area contributed by atoms with Crippen molar-refractivity contribution in [1.82, 2.24) is 0 Å². The molecule has 0 aromatic carbocycles. The fraction of sp³-hybridized carbons (Fsp3) is 0.848. The Labute approximate surface area is 245 Å². The van der Waals surface area contributed by atoms with Gasteiger partial charge in [-0.1, -0.05) is 97.6 Å². The zero-order chi connectivity index (χ0) is 30.2. The van der Waals surface area contributed by atoms with Crippen molar-refractivity contribution in [2.45, 2.75) is 137 Å². The molecule has 0 rings (SSSR count). The number of carboxylic acid groups (broad SMARTS) is 3. The molecule has 3 N–H and O–H groups in total. The van der Waals surface area contributed by atoms with E-state index in [0.29, 0.717) is 43.4 Å². The molecule has 0 saturated heterocycles. The van der Waals surface area contributed by atoms with Crippen LogP contribution in [-0.4, -0.2) is 63.9 Å². The smallest absolute Gasteiger partial charge is 0.306 e. The third kappa shape index (κ3) is 20.1. The van der Waals surface area contributed by atoms with Crippen LogP contribution >= 0.6 is 0 Å². The minimum Gasteiger partial charge on any atom is -0.481 e. The first kappa shape index (κ1) is 38.1. The summed E-state index contributed by atoms with van der Waals surface area (Å²) in [5.74, 6) is -3.90. The summed E-state index contributed by atoms with van der Waals surface area (Å²) in [6, 6.07) is 0. The van der Waals surface area contributed by atoms with Gasteiger partial charge in [-0.05, 0) is 32.1 Å². The van der Waals surface area contributed by atoms with Gasteiger partial charge in [-0.3, -0.25) is 14.4 Å². The fourth-order valence-electron chi connectivity index (χ4n) is 5.15. The number of carboxylic acids is 3. The lowest BCUT2D eigenvalue weighted by atomic mass is 10.0. The first-order valence-corrected chi connectivity index (χ1v) is 16.2. The Morgan fingerprint density at radius 3 is 1.20 bits per heavy atom. The highest BCUT2D eigenvalue weighted by Gasteiger charge is 2.31. The molecule has 234 valence electrons. The van der Waals surface area contributed by atoms with E-state index in [1.165, 1.54) is 77.0 Å². The number of allylic oxidation sites excluding steroid dienone is 2. The molecule has 0 aromatic heterocycles. The summed E-state index contributed by atoms with van der Waals surface area (Å²) in [5.41, 5.74) is 0. The lowest BCUT2D eigenvalue weighted by Gasteiger charge is -2.40. The van der Waals surface area contributed by atoms with Gasteiger partial charge in [-0.15, -0.1) is 0 Å². The van der Waals surface area contributed by atoms with Gasteiger partial charge in [0.1, 0.15) is 0 Å². The summed E-state index contributed by atoms with van der Waals surface area (Å²) in [4.78, 5) is 34.4. The van der Waals surface area contributed by atoms with Crippen LogP contribution in [0.5, 0.6) is 0 Å². The molecule has 0 bridgehead atoms. The van der Waals surface area contributed by atoms with Gasteiger partial charge in [0.25, 0.3) is 0 Å². The second-order valence-electron chi connectivity index (χ2n) is 12.3. The van der Waals surface area contributed by atoms with E-state index in [2.05, 4.69) is 19.1 Å². The van der Waals surface area contributed by atoms with E-state index in [4.69, 9.17) is 0 Å². The van der Waals surface area contributed by atoms with Gasteiger partial charge in [0.15, 0.2) is 0 Å². The van der Waals surface area contributed by atoms with E-state index in [-0.39, 0.29) is 0 Å². The molecular weight excluding hydrogens is 506 g/mol. The molecule has 0 heterocycles. The van der Waals surface area contributed by atoms with Gasteiger partial charge in [0, 0.05) is 19.3 Å². The van der Waals surface area contributed by atoms with E-state index >= 15 is 0 Å². The van der Waals surface area contributed by atoms with Crippen molar-refractivity contribution in [3.8, 4) is 0 Å². The quantitative estimate of drug-likeness (QED) is 0.0498. The van der Waals surface area contributed by atoms with Crippen LogP contribution in [0.4, 0.5) is 0 Å². The molecule has 7 nitrogen and oxygen atoms in total. The standard InChI is InChI=1S/C33H61NO6/c1-5-6-7-8-9-10-11-12-13-14-15-16-17-18-19-20-24-34(25-21-28(2)31(35)36,26-22-29(3)32(37)38)27-23-30(4)33(39)40/h7-8,28-30H,5-6,9-27H2,1-4H3,(H2-,35,36,37,38,39,40)/p+1/b8-7+. The lowest BCUT2D eigenvalue weighted by Crippen LogP contribution is -2.52. The Morgan fingerprint density at radius 1 is 0.525 bits per heavy atom. The maximum atomic E-state index is 11.5. The van der Waals surface area contributed by atoms with Crippen LogP contribution in [0.15, 0.2) is 12.2 Å². The third-order valence-corrected chi connectivity index (χ3v) is 8.50. The SMILES string of the molecule is CCC/C=C/CCCCCCCCCCCCC[N+](CCC(C)C(=O)O)(CCC(C)C(=O)O)CCC(C)C(=O)O. The number of unbranched alkanes of at least 4 members (excludes halogenated alkanes) is 12. The van der Waals surface area contributed by atoms with Crippen LogP contribution in [0.25, 0.3) is 0 Å². The van der Waals surface area contributed by atoms with Crippen molar-refractivity contribution in [1.29, 1.82) is 0 Å². The average molecular weight is 569 g/mol. The van der Waals surface area contributed by atoms with E-state index < -0.39 is 35.7 Å². The van der Waals surface area contributed by atoms with E-state index in [0.717, 1.165) is 19.4 Å². The highest BCUT2D eigenvalue weighted by molar-refractivity contribution is 5.70. The number of quaternary nitrogens is 1. The van der Waals surface area contributed by atoms with Crippen LogP contribution in [0, 0.1) is 17.8 Å². The van der Waals surface area contributed by atoms with Crippen molar-refractivity contribution < 1.29 is 34.2 Å². The van der Waals surface area contributed by atoms with Crippen LogP contribution in [0.1, 0.15) is 137 Å². The van der Waals surface area contributed by atoms with Crippen molar-refractivity contribution in [3.63, 3.8) is 0 Å². The highest BCUT2D eigenvalue weighted by Crippen LogP contribution is 2.22. The highest BCUT2D eigenvalue weighted by atomic mass is 16.4. The van der Waals surface area contributed by atoms with Gasteiger partial charge >= 0.3 is 17.9 Å². The summed E-state index contributed by atoms with van der Waals surface area (Å²) in [6.45, 7) is 10.1. The number of hydrogen-bond acceptors (Lipinski definition) is 3. The molecule has 3 unspecified atom stereocenters. The van der Waals surface area contributed by atoms with Crippen molar-refractivity contribution in [2.75, 3.05) is 26.2 Å². The maximum Gasteiger partial charge on any atom is 0.306 e. The number of nitrogens with zero attached hydrogens (tertiary/aromatic N) is 1. The van der Waals surface area contributed by atoms with Crippen LogP contribution < -0.4 is 0 Å². The predicted octanol–water partition coefficient (Wildman–Crippen LogP) is 8.17. The average Bonchev–Trinajstić information content (AvgIpc) is 2.92. The van der Waals surface area contributed by atoms with Crippen molar-refractivity contribution in [3.05, 3.63) is 12.2 Å². The van der Waals surface area contributed by atoms with Crippen LogP contribution in [0.2, 0.25) is 0 Å². The van der Waals surface area contributed by atoms with E-state index in [1.54, 1.807) is 20.8 Å². The minimum atomic E-state index is -0.824. The molecule has 0 aliphatic rings. The van der Waals surface area contributed by atoms with Gasteiger partial charge < -0.3 is 19.8 Å². The van der Waals surface area contributed by atoms with Gasteiger partial charge in [-0.25, -0.2) is 0 Å². The number of carbonyl (C=O) groups is 3. The van der Waals surface area contributed by atoms with E-state index in [9.17, 15) is 29.7 Å². The van der Waals surface area contributed by atoms with E-state index in [1.807, 2.05) is 0 Å². The summed E-state index contributed by atoms with van der Waals surface area (Å²) in [6.07, 6.45) is 23.5. The van der Waals surface area contributed by atoms with Crippen molar-refractivity contribution in [2.24, 2.45) is 17.8 Å². The summed E-state index contributed by atoms with van der Waals surface area (Å²) in [7, 11) is 0. The van der Waals surface area contributed by atoms with Crippen LogP contribution in [-0.2, 0) is 14.4 Å². The molecule has 0 saturated carbocycles. The fourth-order valence-corrected chi connectivity index (χ4v) is 5.15. The largest absolute Gasteiger partial charge is 0.481 e. The Hall–Kier alpha value is -1.89. The molecule has 0 aliphatic carbocycles. The first-order chi connectivity index (χ1) is 19.0. The Morgan fingerprint density at radius 2 is 0.850 bits per heavy atom. The Kier molecular flexibility index (Phi) is 22.7. The Balaban J connectivity index is 4.62. The van der Waals surface area contributed by atoms with Crippen molar-refractivity contribution >= 4 is 17.9 Å². The molecule has 7 heteroatoms. The monoisotopic (exact) mass is 568 g/mol. The molecule has 40 heavy (non-hydrogen) atoms. The van der Waals surface area contributed by atoms with Gasteiger partial charge in [0.2, 0.25) is 0 Å².